The molecule has 0 spiro atoms. The van der Waals surface area contributed by atoms with Gasteiger partial charge in [0.15, 0.2) is 0 Å². The van der Waals surface area contributed by atoms with E-state index in [4.69, 9.17) is 21.3 Å². The molecule has 4 rings (SSSR count). The number of aryl methyl sites for hydroxylation is 2. The summed E-state index contributed by atoms with van der Waals surface area (Å²) in [7, 11) is 0. The van der Waals surface area contributed by atoms with E-state index in [0.29, 0.717) is 18.2 Å². The van der Waals surface area contributed by atoms with E-state index >= 15 is 0 Å². The molecule has 136 valence electrons. The van der Waals surface area contributed by atoms with Crippen molar-refractivity contribution in [1.29, 1.82) is 0 Å². The molecule has 0 aliphatic heterocycles. The molecule has 0 radical (unpaired) electrons. The number of hydrogen-bond donors (Lipinski definition) is 0. The summed E-state index contributed by atoms with van der Waals surface area (Å²) in [5.74, 6) is 1.81. The summed E-state index contributed by atoms with van der Waals surface area (Å²) in [6.45, 7) is 5.44. The smallest absolute Gasteiger partial charge is 0.141 e. The quantitative estimate of drug-likeness (QED) is 0.423. The van der Waals surface area contributed by atoms with Crippen molar-refractivity contribution in [1.82, 2.24) is 9.55 Å². The molecular weight excluding hydrogens is 356 g/mol. The molecule has 0 saturated heterocycles. The Morgan fingerprint density at radius 1 is 0.926 bits per heavy atom. The van der Waals surface area contributed by atoms with Crippen molar-refractivity contribution >= 4 is 22.6 Å². The van der Waals surface area contributed by atoms with Crippen LogP contribution in [0.5, 0.6) is 5.75 Å². The lowest BCUT2D eigenvalue weighted by Gasteiger charge is -2.12. The molecule has 4 aromatic rings. The number of nitrogens with zero attached hydrogens (tertiary/aromatic N) is 2. The molecule has 0 fully saturated rings. The average Bonchev–Trinajstić information content (AvgIpc) is 3.00. The Kier molecular flexibility index (Phi) is 4.87. The number of halogens is 1. The van der Waals surface area contributed by atoms with Gasteiger partial charge >= 0.3 is 0 Å². The molecule has 3 nitrogen and oxygen atoms in total. The van der Waals surface area contributed by atoms with Crippen LogP contribution in [-0.2, 0) is 6.54 Å². The molecule has 0 atom stereocenters. The number of para-hydroxylation sites is 2. The first kappa shape index (κ1) is 17.6. The Balaban J connectivity index is 1.65. The highest BCUT2D eigenvalue weighted by Gasteiger charge is 2.12. The van der Waals surface area contributed by atoms with Gasteiger partial charge in [0, 0.05) is 10.6 Å². The van der Waals surface area contributed by atoms with Crippen molar-refractivity contribution in [2.75, 3.05) is 6.61 Å². The van der Waals surface area contributed by atoms with Gasteiger partial charge in [0.1, 0.15) is 18.2 Å². The lowest BCUT2D eigenvalue weighted by Crippen LogP contribution is -2.09. The molecule has 1 heterocycles. The summed E-state index contributed by atoms with van der Waals surface area (Å²) in [6, 6.07) is 22.3. The third-order valence-corrected chi connectivity index (χ3v) is 4.75. The summed E-state index contributed by atoms with van der Waals surface area (Å²) in [5.41, 5.74) is 5.48. The summed E-state index contributed by atoms with van der Waals surface area (Å²) < 4.78 is 8.23. The summed E-state index contributed by atoms with van der Waals surface area (Å²) >= 11 is 6.20. The van der Waals surface area contributed by atoms with Gasteiger partial charge in [0.25, 0.3) is 0 Å². The molecule has 0 aliphatic rings. The lowest BCUT2D eigenvalue weighted by atomic mass is 10.1. The van der Waals surface area contributed by atoms with Crippen LogP contribution in [0.4, 0.5) is 0 Å². The molecule has 0 aliphatic carbocycles. The van der Waals surface area contributed by atoms with E-state index in [1.165, 1.54) is 11.1 Å². The molecule has 3 aromatic carbocycles. The Labute approximate surface area is 164 Å². The van der Waals surface area contributed by atoms with Crippen LogP contribution >= 0.6 is 11.6 Å². The van der Waals surface area contributed by atoms with Crippen molar-refractivity contribution in [3.8, 4) is 17.1 Å². The fraction of sp³-hybridized carbons (Fsp3) is 0.174. The zero-order chi connectivity index (χ0) is 18.8. The van der Waals surface area contributed by atoms with E-state index in [0.717, 1.165) is 28.2 Å². The fourth-order valence-corrected chi connectivity index (χ4v) is 3.61. The molecule has 0 unspecified atom stereocenters. The van der Waals surface area contributed by atoms with Gasteiger partial charge in [-0.1, -0.05) is 41.9 Å². The topological polar surface area (TPSA) is 27.1 Å². The highest BCUT2D eigenvalue weighted by molar-refractivity contribution is 6.30. The maximum Gasteiger partial charge on any atom is 0.141 e. The number of aromatic nitrogens is 2. The third-order valence-electron chi connectivity index (χ3n) is 4.52. The van der Waals surface area contributed by atoms with Gasteiger partial charge in [-0.05, 0) is 61.4 Å². The van der Waals surface area contributed by atoms with E-state index in [9.17, 15) is 0 Å². The van der Waals surface area contributed by atoms with Gasteiger partial charge in [-0.25, -0.2) is 4.98 Å². The minimum absolute atomic E-state index is 0.566. The van der Waals surface area contributed by atoms with Crippen LogP contribution < -0.4 is 4.74 Å². The molecule has 0 saturated carbocycles. The van der Waals surface area contributed by atoms with Gasteiger partial charge in [0.05, 0.1) is 17.6 Å². The molecule has 0 N–H and O–H groups in total. The first-order chi connectivity index (χ1) is 13.1. The average molecular weight is 377 g/mol. The van der Waals surface area contributed by atoms with E-state index in [1.54, 1.807) is 0 Å². The number of fused-ring (bicyclic) bond motifs is 1. The number of ether oxygens (including phenoxy) is 1. The van der Waals surface area contributed by atoms with Crippen molar-refractivity contribution < 1.29 is 4.74 Å². The van der Waals surface area contributed by atoms with Gasteiger partial charge in [-0.15, -0.1) is 0 Å². The molecule has 0 amide bonds. The highest BCUT2D eigenvalue weighted by atomic mass is 35.5. The number of imidazole rings is 1. The van der Waals surface area contributed by atoms with Crippen molar-refractivity contribution in [2.24, 2.45) is 0 Å². The normalized spacial score (nSPS) is 11.1. The fourth-order valence-electron chi connectivity index (χ4n) is 3.42. The lowest BCUT2D eigenvalue weighted by molar-refractivity contribution is 0.300. The predicted octanol–water partition coefficient (Wildman–Crippen LogP) is 6.05. The summed E-state index contributed by atoms with van der Waals surface area (Å²) in [5, 5.41) is 0.706. The highest BCUT2D eigenvalue weighted by Crippen LogP contribution is 2.27. The van der Waals surface area contributed by atoms with E-state index in [-0.39, 0.29) is 0 Å². The molecule has 27 heavy (non-hydrogen) atoms. The van der Waals surface area contributed by atoms with Gasteiger partial charge < -0.3 is 9.30 Å². The van der Waals surface area contributed by atoms with Crippen LogP contribution in [0, 0.1) is 13.8 Å². The van der Waals surface area contributed by atoms with Crippen molar-refractivity contribution in [3.63, 3.8) is 0 Å². The van der Waals surface area contributed by atoms with E-state index < -0.39 is 0 Å². The second-order valence-corrected chi connectivity index (χ2v) is 7.19. The van der Waals surface area contributed by atoms with E-state index in [2.05, 4.69) is 42.7 Å². The Hall–Kier alpha value is -2.78. The number of benzene rings is 3. The Morgan fingerprint density at radius 2 is 1.70 bits per heavy atom. The van der Waals surface area contributed by atoms with Crippen LogP contribution in [0.3, 0.4) is 0 Å². The summed E-state index contributed by atoms with van der Waals surface area (Å²) in [6.07, 6.45) is 0. The van der Waals surface area contributed by atoms with Crippen LogP contribution in [0.2, 0.25) is 5.02 Å². The third kappa shape index (κ3) is 3.83. The van der Waals surface area contributed by atoms with Gasteiger partial charge in [0.2, 0.25) is 0 Å². The Bertz CT molecular complexity index is 1080. The monoisotopic (exact) mass is 376 g/mol. The predicted molar refractivity (Wildman–Crippen MR) is 112 cm³/mol. The van der Waals surface area contributed by atoms with Gasteiger partial charge in [-0.2, -0.15) is 0 Å². The van der Waals surface area contributed by atoms with Crippen molar-refractivity contribution in [3.05, 3.63) is 82.9 Å². The SMILES string of the molecule is Cc1cc(C)cc(OCCn2c(-c3cccc(Cl)c3)nc3ccccc32)c1. The first-order valence-electron chi connectivity index (χ1n) is 9.02. The zero-order valence-corrected chi connectivity index (χ0v) is 16.2. The minimum Gasteiger partial charge on any atom is -0.492 e. The van der Waals surface area contributed by atoms with Crippen molar-refractivity contribution in [2.45, 2.75) is 20.4 Å². The Morgan fingerprint density at radius 3 is 2.48 bits per heavy atom. The maximum atomic E-state index is 6.20. The van der Waals surface area contributed by atoms with Crippen LogP contribution in [0.15, 0.2) is 66.7 Å². The van der Waals surface area contributed by atoms with Crippen LogP contribution in [0.25, 0.3) is 22.4 Å². The zero-order valence-electron chi connectivity index (χ0n) is 15.4. The number of rotatable bonds is 5. The largest absolute Gasteiger partial charge is 0.492 e. The van der Waals surface area contributed by atoms with Crippen LogP contribution in [0.1, 0.15) is 11.1 Å². The van der Waals surface area contributed by atoms with Gasteiger partial charge in [-0.3, -0.25) is 0 Å². The second kappa shape index (κ2) is 7.45. The minimum atomic E-state index is 0.566. The maximum absolute atomic E-state index is 6.20. The summed E-state index contributed by atoms with van der Waals surface area (Å²) in [4.78, 5) is 4.83. The standard InChI is InChI=1S/C23H21ClN2O/c1-16-12-17(2)14-20(13-16)27-11-10-26-22-9-4-3-8-21(22)25-23(26)18-6-5-7-19(24)15-18/h3-9,12-15H,10-11H2,1-2H3. The molecule has 4 heteroatoms. The second-order valence-electron chi connectivity index (χ2n) is 6.76. The van der Waals surface area contributed by atoms with Crippen LogP contribution in [-0.4, -0.2) is 16.2 Å². The number of hydrogen-bond acceptors (Lipinski definition) is 2. The first-order valence-corrected chi connectivity index (χ1v) is 9.40. The molecule has 0 bridgehead atoms. The molecule has 1 aromatic heterocycles. The van der Waals surface area contributed by atoms with E-state index in [1.807, 2.05) is 42.5 Å². The molecular formula is C23H21ClN2O.